The minimum Gasteiger partial charge on any atom is -0.373 e. The average Bonchev–Trinajstić information content (AvgIpc) is 2.62. The number of anilines is 1. The fourth-order valence-corrected chi connectivity index (χ4v) is 3.69. The van der Waals surface area contributed by atoms with Crippen LogP contribution in [0, 0.1) is 0 Å². The summed E-state index contributed by atoms with van der Waals surface area (Å²) in [5.74, 6) is 0. The monoisotopic (exact) mass is 332 g/mol. The standard InChI is InChI=1S/C17H20N2O3S/c20-23(21,17-9-5-2-6-10-17)18-13-16-14-19(11-12-22-16)15-7-3-1-4-8-15/h1-10,16,18H,11-14H2/t16-/m0/s1. The van der Waals surface area contributed by atoms with Crippen LogP contribution in [0.15, 0.2) is 65.6 Å². The molecule has 5 nitrogen and oxygen atoms in total. The largest absolute Gasteiger partial charge is 0.373 e. The first-order valence-corrected chi connectivity index (χ1v) is 9.10. The Morgan fingerprint density at radius 1 is 1.04 bits per heavy atom. The van der Waals surface area contributed by atoms with Gasteiger partial charge in [0.1, 0.15) is 0 Å². The van der Waals surface area contributed by atoms with E-state index in [9.17, 15) is 8.42 Å². The second-order valence-corrected chi connectivity index (χ2v) is 7.21. The zero-order valence-electron chi connectivity index (χ0n) is 12.8. The predicted molar refractivity (Wildman–Crippen MR) is 90.0 cm³/mol. The van der Waals surface area contributed by atoms with E-state index in [4.69, 9.17) is 4.74 Å². The summed E-state index contributed by atoms with van der Waals surface area (Å²) >= 11 is 0. The van der Waals surface area contributed by atoms with Gasteiger partial charge in [-0.1, -0.05) is 36.4 Å². The Balaban J connectivity index is 1.60. The summed E-state index contributed by atoms with van der Waals surface area (Å²) in [4.78, 5) is 2.49. The third-order valence-corrected chi connectivity index (χ3v) is 5.25. The van der Waals surface area contributed by atoms with E-state index in [1.54, 1.807) is 30.3 Å². The lowest BCUT2D eigenvalue weighted by molar-refractivity contribution is 0.0442. The first-order chi connectivity index (χ1) is 11.1. The molecule has 0 unspecified atom stereocenters. The second-order valence-electron chi connectivity index (χ2n) is 5.44. The first-order valence-electron chi connectivity index (χ1n) is 7.61. The van der Waals surface area contributed by atoms with Crippen molar-refractivity contribution in [1.82, 2.24) is 4.72 Å². The average molecular weight is 332 g/mol. The van der Waals surface area contributed by atoms with Gasteiger partial charge in [-0.2, -0.15) is 0 Å². The smallest absolute Gasteiger partial charge is 0.240 e. The van der Waals surface area contributed by atoms with E-state index >= 15 is 0 Å². The maximum Gasteiger partial charge on any atom is 0.240 e. The number of rotatable bonds is 5. The van der Waals surface area contributed by atoms with E-state index in [1.807, 2.05) is 18.2 Å². The zero-order chi connectivity index (χ0) is 16.1. The summed E-state index contributed by atoms with van der Waals surface area (Å²) < 4.78 is 32.8. The zero-order valence-corrected chi connectivity index (χ0v) is 13.6. The van der Waals surface area contributed by atoms with Crippen LogP contribution in [-0.2, 0) is 14.8 Å². The van der Waals surface area contributed by atoms with Gasteiger partial charge >= 0.3 is 0 Å². The molecule has 1 atom stereocenters. The van der Waals surface area contributed by atoms with Crippen molar-refractivity contribution in [2.75, 3.05) is 31.1 Å². The van der Waals surface area contributed by atoms with Gasteiger partial charge in [-0.25, -0.2) is 13.1 Å². The number of benzene rings is 2. The van der Waals surface area contributed by atoms with Crippen molar-refractivity contribution in [1.29, 1.82) is 0 Å². The summed E-state index contributed by atoms with van der Waals surface area (Å²) in [7, 11) is -3.49. The molecule has 2 aromatic rings. The number of sulfonamides is 1. The normalized spacial score (nSPS) is 18.8. The molecule has 0 saturated carbocycles. The van der Waals surface area contributed by atoms with Gasteiger partial charge < -0.3 is 9.64 Å². The summed E-state index contributed by atoms with van der Waals surface area (Å²) in [6, 6.07) is 18.5. The molecule has 0 spiro atoms. The van der Waals surface area contributed by atoms with Crippen LogP contribution in [0.25, 0.3) is 0 Å². The van der Waals surface area contributed by atoms with Gasteiger partial charge in [-0.3, -0.25) is 0 Å². The molecule has 1 N–H and O–H groups in total. The Morgan fingerprint density at radius 3 is 2.39 bits per heavy atom. The number of nitrogens with zero attached hydrogens (tertiary/aromatic N) is 1. The molecule has 0 bridgehead atoms. The van der Waals surface area contributed by atoms with Crippen LogP contribution in [0.2, 0.25) is 0 Å². The summed E-state index contributed by atoms with van der Waals surface area (Å²) in [6.45, 7) is 2.33. The molecule has 0 amide bonds. The molecule has 1 heterocycles. The Bertz CT molecular complexity index is 720. The molecule has 122 valence electrons. The maximum absolute atomic E-state index is 12.2. The van der Waals surface area contributed by atoms with Gasteiger partial charge in [-0.05, 0) is 24.3 Å². The van der Waals surface area contributed by atoms with E-state index in [0.717, 1.165) is 12.2 Å². The minimum atomic E-state index is -3.49. The molecule has 1 saturated heterocycles. The molecule has 1 aliphatic rings. The van der Waals surface area contributed by atoms with Gasteiger partial charge in [0, 0.05) is 25.3 Å². The van der Waals surface area contributed by atoms with Crippen LogP contribution in [0.3, 0.4) is 0 Å². The van der Waals surface area contributed by atoms with Crippen LogP contribution < -0.4 is 9.62 Å². The van der Waals surface area contributed by atoms with E-state index in [1.165, 1.54) is 0 Å². The highest BCUT2D eigenvalue weighted by atomic mass is 32.2. The first kappa shape index (κ1) is 16.0. The number of para-hydroxylation sites is 1. The van der Waals surface area contributed by atoms with Crippen LogP contribution >= 0.6 is 0 Å². The molecule has 0 radical (unpaired) electrons. The van der Waals surface area contributed by atoms with E-state index in [2.05, 4.69) is 21.8 Å². The van der Waals surface area contributed by atoms with Crippen LogP contribution in [-0.4, -0.2) is 40.8 Å². The molecule has 6 heteroatoms. The quantitative estimate of drug-likeness (QED) is 0.908. The van der Waals surface area contributed by atoms with Crippen molar-refractivity contribution in [2.24, 2.45) is 0 Å². The van der Waals surface area contributed by atoms with Gasteiger partial charge in [0.2, 0.25) is 10.0 Å². The predicted octanol–water partition coefficient (Wildman–Crippen LogP) is 1.87. The van der Waals surface area contributed by atoms with Gasteiger partial charge in [0.25, 0.3) is 0 Å². The molecule has 3 rings (SSSR count). The highest BCUT2D eigenvalue weighted by Gasteiger charge is 2.23. The summed E-state index contributed by atoms with van der Waals surface area (Å²) in [6.07, 6.45) is -0.164. The number of hydrogen-bond acceptors (Lipinski definition) is 4. The lowest BCUT2D eigenvalue weighted by atomic mass is 10.2. The molecule has 0 aromatic heterocycles. The number of morpholine rings is 1. The van der Waals surface area contributed by atoms with Crippen molar-refractivity contribution in [3.8, 4) is 0 Å². The van der Waals surface area contributed by atoms with Crippen LogP contribution in [0.4, 0.5) is 5.69 Å². The Hall–Kier alpha value is -1.89. The Labute approximate surface area is 136 Å². The number of ether oxygens (including phenoxy) is 1. The minimum absolute atomic E-state index is 0.164. The van der Waals surface area contributed by atoms with E-state index in [-0.39, 0.29) is 17.5 Å². The summed E-state index contributed by atoms with van der Waals surface area (Å²) in [5.41, 5.74) is 1.13. The third kappa shape index (κ3) is 4.10. The topological polar surface area (TPSA) is 58.6 Å². The van der Waals surface area contributed by atoms with Crippen molar-refractivity contribution < 1.29 is 13.2 Å². The van der Waals surface area contributed by atoms with Crippen LogP contribution in [0.5, 0.6) is 0 Å². The van der Waals surface area contributed by atoms with Crippen LogP contribution in [0.1, 0.15) is 0 Å². The molecule has 2 aromatic carbocycles. The highest BCUT2D eigenvalue weighted by molar-refractivity contribution is 7.89. The van der Waals surface area contributed by atoms with Crippen molar-refractivity contribution >= 4 is 15.7 Å². The van der Waals surface area contributed by atoms with Crippen molar-refractivity contribution in [3.05, 3.63) is 60.7 Å². The van der Waals surface area contributed by atoms with E-state index in [0.29, 0.717) is 13.2 Å². The van der Waals surface area contributed by atoms with Gasteiger partial charge in [0.05, 0.1) is 17.6 Å². The van der Waals surface area contributed by atoms with Gasteiger partial charge in [-0.15, -0.1) is 0 Å². The van der Waals surface area contributed by atoms with E-state index < -0.39 is 10.0 Å². The highest BCUT2D eigenvalue weighted by Crippen LogP contribution is 2.17. The molecule has 23 heavy (non-hydrogen) atoms. The fraction of sp³-hybridized carbons (Fsp3) is 0.294. The molecular formula is C17H20N2O3S. The lowest BCUT2D eigenvalue weighted by Crippen LogP contribution is -2.47. The molecular weight excluding hydrogens is 312 g/mol. The number of hydrogen-bond donors (Lipinski definition) is 1. The fourth-order valence-electron chi connectivity index (χ4n) is 2.60. The maximum atomic E-state index is 12.2. The van der Waals surface area contributed by atoms with Crippen molar-refractivity contribution in [2.45, 2.75) is 11.0 Å². The SMILES string of the molecule is O=S(=O)(NC[C@H]1CN(c2ccccc2)CCO1)c1ccccc1. The third-order valence-electron chi connectivity index (χ3n) is 3.81. The summed E-state index contributed by atoms with van der Waals surface area (Å²) in [5, 5.41) is 0. The lowest BCUT2D eigenvalue weighted by Gasteiger charge is -2.34. The van der Waals surface area contributed by atoms with Gasteiger partial charge in [0.15, 0.2) is 0 Å². The molecule has 0 aliphatic carbocycles. The Morgan fingerprint density at radius 2 is 1.70 bits per heavy atom. The molecule has 1 fully saturated rings. The number of nitrogens with one attached hydrogen (secondary N) is 1. The second kappa shape index (κ2) is 7.12. The Kier molecular flexibility index (Phi) is 4.95. The van der Waals surface area contributed by atoms with Crippen molar-refractivity contribution in [3.63, 3.8) is 0 Å². The molecule has 1 aliphatic heterocycles.